The normalized spacial score (nSPS) is 19.3. The van der Waals surface area contributed by atoms with Gasteiger partial charge in [0.1, 0.15) is 0 Å². The molecule has 0 aliphatic carbocycles. The first-order chi connectivity index (χ1) is 11.5. The van der Waals surface area contributed by atoms with E-state index in [0.717, 1.165) is 10.4 Å². The number of piperidine rings is 1. The van der Waals surface area contributed by atoms with Gasteiger partial charge in [-0.25, -0.2) is 0 Å². The molecule has 0 aromatic heterocycles. The first-order valence-electron chi connectivity index (χ1n) is 7.95. The van der Waals surface area contributed by atoms with E-state index in [1.165, 1.54) is 30.5 Å². The van der Waals surface area contributed by atoms with Crippen molar-refractivity contribution < 1.29 is 26.7 Å². The van der Waals surface area contributed by atoms with Crippen molar-refractivity contribution in [3.63, 3.8) is 0 Å². The summed E-state index contributed by atoms with van der Waals surface area (Å²) in [6, 6.07) is 5.33. The van der Waals surface area contributed by atoms with Crippen LogP contribution in [0.4, 0.5) is 13.2 Å². The Bertz CT molecular complexity index is 697. The van der Waals surface area contributed by atoms with Gasteiger partial charge in [-0.15, -0.1) is 0 Å². The van der Waals surface area contributed by atoms with E-state index in [1.54, 1.807) is 6.07 Å². The van der Waals surface area contributed by atoms with Gasteiger partial charge in [0.25, 0.3) is 10.2 Å². The Labute approximate surface area is 146 Å². The zero-order valence-corrected chi connectivity index (χ0v) is 15.1. The van der Waals surface area contributed by atoms with Crippen molar-refractivity contribution >= 4 is 10.2 Å². The lowest BCUT2D eigenvalue weighted by Crippen LogP contribution is -2.49. The van der Waals surface area contributed by atoms with Crippen molar-refractivity contribution in [2.75, 3.05) is 33.8 Å². The van der Waals surface area contributed by atoms with Crippen LogP contribution < -0.4 is 0 Å². The van der Waals surface area contributed by atoms with E-state index in [2.05, 4.69) is 0 Å². The molecule has 0 radical (unpaired) electrons. The molecule has 1 aliphatic rings. The van der Waals surface area contributed by atoms with Gasteiger partial charge in [-0.05, 0) is 30.9 Å². The van der Waals surface area contributed by atoms with Gasteiger partial charge in [-0.1, -0.05) is 18.2 Å². The summed E-state index contributed by atoms with van der Waals surface area (Å²) in [7, 11) is -0.691. The minimum Gasteiger partial charge on any atom is -0.396 e. The minimum absolute atomic E-state index is 0.0645. The summed E-state index contributed by atoms with van der Waals surface area (Å²) < 4.78 is 66.3. The summed E-state index contributed by atoms with van der Waals surface area (Å²) in [5.74, 6) is 0. The molecular formula is C16H23F3N2O3S. The van der Waals surface area contributed by atoms with Crippen LogP contribution in [-0.2, 0) is 22.8 Å². The van der Waals surface area contributed by atoms with Gasteiger partial charge in [0.2, 0.25) is 0 Å². The second-order valence-corrected chi connectivity index (χ2v) is 8.82. The van der Waals surface area contributed by atoms with Gasteiger partial charge in [-0.3, -0.25) is 0 Å². The molecule has 2 rings (SSSR count). The molecule has 0 saturated carbocycles. The maximum Gasteiger partial charge on any atom is 0.416 e. The topological polar surface area (TPSA) is 60.9 Å². The molecule has 0 unspecified atom stereocenters. The van der Waals surface area contributed by atoms with Gasteiger partial charge in [0, 0.05) is 39.2 Å². The molecule has 0 spiro atoms. The summed E-state index contributed by atoms with van der Waals surface area (Å²) in [5.41, 5.74) is -1.32. The molecule has 1 aromatic carbocycles. The standard InChI is InChI=1S/C16H23F3N2O3S/c1-20(2)25(23,24)21-9-7-15(12-22,8-10-21)11-13-5-3-4-6-14(13)16(17,18)19/h3-6,22H,7-12H2,1-2H3. The third-order valence-electron chi connectivity index (χ3n) is 4.79. The summed E-state index contributed by atoms with van der Waals surface area (Å²) in [6.45, 7) is 0.0690. The molecule has 1 N–H and O–H groups in total. The molecule has 1 aliphatic heterocycles. The van der Waals surface area contributed by atoms with Crippen molar-refractivity contribution in [1.82, 2.24) is 8.61 Å². The van der Waals surface area contributed by atoms with Crippen LogP contribution in [0.2, 0.25) is 0 Å². The Hall–Kier alpha value is -1.16. The number of hydrogen-bond acceptors (Lipinski definition) is 3. The van der Waals surface area contributed by atoms with Gasteiger partial charge in [0.15, 0.2) is 0 Å². The maximum absolute atomic E-state index is 13.2. The van der Waals surface area contributed by atoms with Crippen molar-refractivity contribution in [2.24, 2.45) is 5.41 Å². The third-order valence-corrected chi connectivity index (χ3v) is 6.74. The molecule has 1 heterocycles. The zero-order valence-electron chi connectivity index (χ0n) is 14.3. The third kappa shape index (κ3) is 4.33. The number of benzene rings is 1. The molecule has 0 atom stereocenters. The zero-order chi connectivity index (χ0) is 18.9. The van der Waals surface area contributed by atoms with Gasteiger partial charge in [0.05, 0.1) is 5.56 Å². The van der Waals surface area contributed by atoms with E-state index in [-0.39, 0.29) is 31.7 Å². The maximum atomic E-state index is 13.2. The van der Waals surface area contributed by atoms with Crippen molar-refractivity contribution in [3.05, 3.63) is 35.4 Å². The first kappa shape index (κ1) is 20.2. The van der Waals surface area contributed by atoms with Crippen LogP contribution in [0, 0.1) is 5.41 Å². The predicted molar refractivity (Wildman–Crippen MR) is 88.1 cm³/mol. The van der Waals surface area contributed by atoms with Crippen LogP contribution >= 0.6 is 0 Å². The van der Waals surface area contributed by atoms with Gasteiger partial charge >= 0.3 is 6.18 Å². The number of rotatable bonds is 5. The Balaban J connectivity index is 2.20. The monoisotopic (exact) mass is 380 g/mol. The van der Waals surface area contributed by atoms with Crippen LogP contribution in [0.25, 0.3) is 0 Å². The molecule has 1 fully saturated rings. The van der Waals surface area contributed by atoms with E-state index in [9.17, 15) is 26.7 Å². The van der Waals surface area contributed by atoms with E-state index in [0.29, 0.717) is 12.8 Å². The fourth-order valence-corrected chi connectivity index (χ4v) is 4.27. The summed E-state index contributed by atoms with van der Waals surface area (Å²) >= 11 is 0. The predicted octanol–water partition coefficient (Wildman–Crippen LogP) is 2.13. The highest BCUT2D eigenvalue weighted by atomic mass is 32.2. The van der Waals surface area contributed by atoms with Crippen LogP contribution in [0.5, 0.6) is 0 Å². The van der Waals surface area contributed by atoms with Gasteiger partial charge in [-0.2, -0.15) is 30.2 Å². The smallest absolute Gasteiger partial charge is 0.396 e. The average Bonchev–Trinajstić information content (AvgIpc) is 2.54. The molecule has 5 nitrogen and oxygen atoms in total. The molecule has 1 aromatic rings. The Morgan fingerprint density at radius 3 is 2.24 bits per heavy atom. The molecule has 142 valence electrons. The average molecular weight is 380 g/mol. The lowest BCUT2D eigenvalue weighted by atomic mass is 9.74. The summed E-state index contributed by atoms with van der Waals surface area (Å²) in [4.78, 5) is 0. The van der Waals surface area contributed by atoms with E-state index in [1.807, 2.05) is 0 Å². The van der Waals surface area contributed by atoms with Crippen LogP contribution in [0.3, 0.4) is 0 Å². The van der Waals surface area contributed by atoms with Crippen molar-refractivity contribution in [2.45, 2.75) is 25.4 Å². The number of alkyl halides is 3. The first-order valence-corrected chi connectivity index (χ1v) is 9.35. The minimum atomic E-state index is -4.46. The van der Waals surface area contributed by atoms with Crippen molar-refractivity contribution in [3.8, 4) is 0 Å². The van der Waals surface area contributed by atoms with Crippen LogP contribution in [-0.4, -0.2) is 55.9 Å². The Morgan fingerprint density at radius 1 is 1.20 bits per heavy atom. The lowest BCUT2D eigenvalue weighted by Gasteiger charge is -2.41. The number of nitrogens with zero attached hydrogens (tertiary/aromatic N) is 2. The molecule has 25 heavy (non-hydrogen) atoms. The number of aliphatic hydroxyl groups is 1. The SMILES string of the molecule is CN(C)S(=O)(=O)N1CCC(CO)(Cc2ccccc2C(F)(F)F)CC1. The molecule has 9 heteroatoms. The molecule has 1 saturated heterocycles. The fourth-order valence-electron chi connectivity index (χ4n) is 3.17. The summed E-state index contributed by atoms with van der Waals surface area (Å²) in [6.07, 6.45) is -3.78. The quantitative estimate of drug-likeness (QED) is 0.851. The Kier molecular flexibility index (Phi) is 5.82. The summed E-state index contributed by atoms with van der Waals surface area (Å²) in [5, 5.41) is 9.84. The van der Waals surface area contributed by atoms with E-state index in [4.69, 9.17) is 0 Å². The molecular weight excluding hydrogens is 357 g/mol. The Morgan fingerprint density at radius 2 is 1.76 bits per heavy atom. The number of aliphatic hydroxyl groups excluding tert-OH is 1. The molecule has 0 bridgehead atoms. The van der Waals surface area contributed by atoms with Crippen LogP contribution in [0.15, 0.2) is 24.3 Å². The molecule has 0 amide bonds. The highest BCUT2D eigenvalue weighted by Crippen LogP contribution is 2.39. The largest absolute Gasteiger partial charge is 0.416 e. The second kappa shape index (κ2) is 7.22. The fraction of sp³-hybridized carbons (Fsp3) is 0.625. The van der Waals surface area contributed by atoms with Crippen molar-refractivity contribution in [1.29, 1.82) is 0 Å². The highest BCUT2D eigenvalue weighted by Gasteiger charge is 2.41. The van der Waals surface area contributed by atoms with E-state index >= 15 is 0 Å². The van der Waals surface area contributed by atoms with Crippen LogP contribution in [0.1, 0.15) is 24.0 Å². The second-order valence-electron chi connectivity index (χ2n) is 6.68. The highest BCUT2D eigenvalue weighted by molar-refractivity contribution is 7.86. The number of hydrogen-bond donors (Lipinski definition) is 1. The lowest BCUT2D eigenvalue weighted by molar-refractivity contribution is -0.138. The number of halogens is 3. The van der Waals surface area contributed by atoms with Gasteiger partial charge < -0.3 is 5.11 Å². The van der Waals surface area contributed by atoms with E-state index < -0.39 is 27.4 Å².